The van der Waals surface area contributed by atoms with E-state index in [9.17, 15) is 4.79 Å². The van der Waals surface area contributed by atoms with Crippen LogP contribution in [0.3, 0.4) is 0 Å². The molecule has 2 aromatic heterocycles. The summed E-state index contributed by atoms with van der Waals surface area (Å²) in [4.78, 5) is 11.7. The van der Waals surface area contributed by atoms with Gasteiger partial charge in [-0.1, -0.05) is 6.92 Å². The van der Waals surface area contributed by atoms with Crippen molar-refractivity contribution in [3.63, 3.8) is 0 Å². The molecule has 0 fully saturated rings. The maximum absolute atomic E-state index is 11.7. The highest BCUT2D eigenvalue weighted by molar-refractivity contribution is 5.96. The molecule has 2 aromatic rings. The standard InChI is InChI=1S/C15H22N4O/c1-6-13-8-14(18(7-2)17-13)9-19-11(4)15(12(5)20)10(3)16-19/h8H,6-7,9H2,1-5H3. The summed E-state index contributed by atoms with van der Waals surface area (Å²) in [5, 5.41) is 9.04. The highest BCUT2D eigenvalue weighted by Crippen LogP contribution is 2.16. The van der Waals surface area contributed by atoms with Gasteiger partial charge in [-0.05, 0) is 40.2 Å². The molecular formula is C15H22N4O. The van der Waals surface area contributed by atoms with Gasteiger partial charge < -0.3 is 0 Å². The first kappa shape index (κ1) is 14.5. The van der Waals surface area contributed by atoms with Crippen LogP contribution < -0.4 is 0 Å². The summed E-state index contributed by atoms with van der Waals surface area (Å²) in [5.74, 6) is 0.0736. The molecule has 5 heteroatoms. The maximum Gasteiger partial charge on any atom is 0.163 e. The minimum atomic E-state index is 0.0736. The summed E-state index contributed by atoms with van der Waals surface area (Å²) < 4.78 is 3.90. The zero-order valence-corrected chi connectivity index (χ0v) is 12.9. The Balaban J connectivity index is 2.37. The van der Waals surface area contributed by atoms with Gasteiger partial charge in [-0.2, -0.15) is 10.2 Å². The van der Waals surface area contributed by atoms with Gasteiger partial charge in [0.1, 0.15) is 0 Å². The Labute approximate surface area is 119 Å². The summed E-state index contributed by atoms with van der Waals surface area (Å²) in [6, 6.07) is 2.12. The van der Waals surface area contributed by atoms with Crippen molar-refractivity contribution in [2.24, 2.45) is 0 Å². The molecule has 0 N–H and O–H groups in total. The normalized spacial score (nSPS) is 11.1. The van der Waals surface area contributed by atoms with Gasteiger partial charge in [-0.3, -0.25) is 14.2 Å². The molecule has 0 aromatic carbocycles. The molecule has 0 aliphatic carbocycles. The third-order valence-corrected chi connectivity index (χ3v) is 3.62. The van der Waals surface area contributed by atoms with Gasteiger partial charge in [0.2, 0.25) is 0 Å². The number of carbonyl (C=O) groups is 1. The van der Waals surface area contributed by atoms with Gasteiger partial charge in [0.05, 0.1) is 29.2 Å². The van der Waals surface area contributed by atoms with Gasteiger partial charge in [-0.15, -0.1) is 0 Å². The summed E-state index contributed by atoms with van der Waals surface area (Å²) >= 11 is 0. The van der Waals surface area contributed by atoms with Crippen molar-refractivity contribution >= 4 is 5.78 Å². The SMILES string of the molecule is CCc1cc(Cn2nc(C)c(C(C)=O)c2C)n(CC)n1. The largest absolute Gasteiger partial charge is 0.294 e. The number of aryl methyl sites for hydroxylation is 3. The molecule has 0 saturated carbocycles. The monoisotopic (exact) mass is 274 g/mol. The van der Waals surface area contributed by atoms with E-state index in [1.165, 1.54) is 0 Å². The van der Waals surface area contributed by atoms with Crippen molar-refractivity contribution in [1.82, 2.24) is 19.6 Å². The molecule has 2 heterocycles. The molecule has 0 amide bonds. The summed E-state index contributed by atoms with van der Waals surface area (Å²) in [6.45, 7) is 11.1. The van der Waals surface area contributed by atoms with Crippen LogP contribution in [0.15, 0.2) is 6.07 Å². The molecule has 2 rings (SSSR count). The number of nitrogens with zero attached hydrogens (tertiary/aromatic N) is 4. The smallest absolute Gasteiger partial charge is 0.163 e. The van der Waals surface area contributed by atoms with Crippen molar-refractivity contribution < 1.29 is 4.79 Å². The Kier molecular flexibility index (Phi) is 4.06. The lowest BCUT2D eigenvalue weighted by atomic mass is 10.1. The Bertz CT molecular complexity index is 637. The van der Waals surface area contributed by atoms with Crippen LogP contribution in [0.1, 0.15) is 53.9 Å². The molecule has 0 aliphatic rings. The van der Waals surface area contributed by atoms with Crippen molar-refractivity contribution in [1.29, 1.82) is 0 Å². The lowest BCUT2D eigenvalue weighted by Crippen LogP contribution is -2.10. The number of carbonyl (C=O) groups excluding carboxylic acids is 1. The van der Waals surface area contributed by atoms with E-state index in [1.54, 1.807) is 6.92 Å². The summed E-state index contributed by atoms with van der Waals surface area (Å²) in [5.41, 5.74) is 4.69. The number of hydrogen-bond acceptors (Lipinski definition) is 3. The molecule has 5 nitrogen and oxygen atoms in total. The van der Waals surface area contributed by atoms with E-state index in [4.69, 9.17) is 0 Å². The lowest BCUT2D eigenvalue weighted by Gasteiger charge is -2.07. The lowest BCUT2D eigenvalue weighted by molar-refractivity contribution is 0.101. The van der Waals surface area contributed by atoms with Gasteiger partial charge in [0, 0.05) is 12.2 Å². The first-order valence-electron chi connectivity index (χ1n) is 7.08. The highest BCUT2D eigenvalue weighted by atomic mass is 16.1. The van der Waals surface area contributed by atoms with Gasteiger partial charge >= 0.3 is 0 Å². The van der Waals surface area contributed by atoms with E-state index in [-0.39, 0.29) is 5.78 Å². The van der Waals surface area contributed by atoms with Crippen LogP contribution in [0.5, 0.6) is 0 Å². The Hall–Kier alpha value is -1.91. The van der Waals surface area contributed by atoms with E-state index >= 15 is 0 Å². The molecule has 0 atom stereocenters. The zero-order chi connectivity index (χ0) is 14.9. The molecule has 0 spiro atoms. The van der Waals surface area contributed by atoms with Crippen LogP contribution in [0.2, 0.25) is 0 Å². The second-order valence-electron chi connectivity index (χ2n) is 5.06. The molecule has 108 valence electrons. The van der Waals surface area contributed by atoms with E-state index in [1.807, 2.05) is 23.2 Å². The second-order valence-corrected chi connectivity index (χ2v) is 5.06. The molecule has 20 heavy (non-hydrogen) atoms. The topological polar surface area (TPSA) is 52.7 Å². The summed E-state index contributed by atoms with van der Waals surface area (Å²) in [6.07, 6.45) is 0.926. The van der Waals surface area contributed by atoms with Crippen LogP contribution in [0.25, 0.3) is 0 Å². The predicted octanol–water partition coefficient (Wildman–Crippen LogP) is 2.53. The van der Waals surface area contributed by atoms with E-state index in [0.717, 1.165) is 41.3 Å². The van der Waals surface area contributed by atoms with Crippen LogP contribution in [0, 0.1) is 13.8 Å². The fraction of sp³-hybridized carbons (Fsp3) is 0.533. The second kappa shape index (κ2) is 5.61. The van der Waals surface area contributed by atoms with Crippen molar-refractivity contribution in [3.8, 4) is 0 Å². The van der Waals surface area contributed by atoms with Crippen LogP contribution >= 0.6 is 0 Å². The number of Topliss-reactive ketones (excluding diaryl/α,β-unsaturated/α-hetero) is 1. The molecular weight excluding hydrogens is 252 g/mol. The van der Waals surface area contributed by atoms with Crippen molar-refractivity contribution in [2.75, 3.05) is 0 Å². The van der Waals surface area contributed by atoms with Gasteiger partial charge in [0.15, 0.2) is 5.78 Å². The minimum Gasteiger partial charge on any atom is -0.294 e. The average Bonchev–Trinajstić information content (AvgIpc) is 2.91. The van der Waals surface area contributed by atoms with Crippen LogP contribution in [0.4, 0.5) is 0 Å². The Morgan fingerprint density at radius 3 is 2.40 bits per heavy atom. The van der Waals surface area contributed by atoms with E-state index in [2.05, 4.69) is 30.1 Å². The Morgan fingerprint density at radius 1 is 1.20 bits per heavy atom. The predicted molar refractivity (Wildman–Crippen MR) is 78.1 cm³/mol. The molecule has 0 unspecified atom stereocenters. The molecule has 0 bridgehead atoms. The summed E-state index contributed by atoms with van der Waals surface area (Å²) in [7, 11) is 0. The third-order valence-electron chi connectivity index (χ3n) is 3.62. The fourth-order valence-corrected chi connectivity index (χ4v) is 2.60. The van der Waals surface area contributed by atoms with E-state index < -0.39 is 0 Å². The number of aromatic nitrogens is 4. The third kappa shape index (κ3) is 2.53. The molecule has 0 saturated heterocycles. The minimum absolute atomic E-state index is 0.0736. The van der Waals surface area contributed by atoms with Crippen LogP contribution in [-0.4, -0.2) is 25.3 Å². The van der Waals surface area contributed by atoms with Gasteiger partial charge in [0.25, 0.3) is 0 Å². The first-order valence-corrected chi connectivity index (χ1v) is 7.08. The molecule has 0 radical (unpaired) electrons. The van der Waals surface area contributed by atoms with Crippen molar-refractivity contribution in [2.45, 2.75) is 54.1 Å². The van der Waals surface area contributed by atoms with Crippen LogP contribution in [-0.2, 0) is 19.5 Å². The van der Waals surface area contributed by atoms with E-state index in [0.29, 0.717) is 6.54 Å². The average molecular weight is 274 g/mol. The first-order chi connectivity index (χ1) is 9.47. The fourth-order valence-electron chi connectivity index (χ4n) is 2.60. The number of hydrogen-bond donors (Lipinski definition) is 0. The van der Waals surface area contributed by atoms with Crippen molar-refractivity contribution in [3.05, 3.63) is 34.4 Å². The maximum atomic E-state index is 11.7. The highest BCUT2D eigenvalue weighted by Gasteiger charge is 2.16. The number of ketones is 1. The van der Waals surface area contributed by atoms with Gasteiger partial charge in [-0.25, -0.2) is 0 Å². The molecule has 0 aliphatic heterocycles. The quantitative estimate of drug-likeness (QED) is 0.787. The number of rotatable bonds is 5. The Morgan fingerprint density at radius 2 is 1.90 bits per heavy atom. The zero-order valence-electron chi connectivity index (χ0n) is 12.9.